The maximum absolute atomic E-state index is 9.88. The lowest BCUT2D eigenvalue weighted by molar-refractivity contribution is 0.196. The zero-order valence-electron chi connectivity index (χ0n) is 11.0. The molecule has 1 aromatic rings. The number of hydrogen-bond donors (Lipinski definition) is 1. The first-order valence-corrected chi connectivity index (χ1v) is 8.37. The van der Waals surface area contributed by atoms with Crippen LogP contribution in [0.15, 0.2) is 27.6 Å². The van der Waals surface area contributed by atoms with Crippen LogP contribution in [0.3, 0.4) is 0 Å². The van der Waals surface area contributed by atoms with Crippen LogP contribution in [-0.2, 0) is 0 Å². The van der Waals surface area contributed by atoms with E-state index in [1.54, 1.807) is 0 Å². The molecule has 1 aliphatic carbocycles. The lowest BCUT2D eigenvalue weighted by Gasteiger charge is -2.27. The molecule has 0 aliphatic heterocycles. The van der Waals surface area contributed by atoms with Gasteiger partial charge in [-0.25, -0.2) is 0 Å². The summed E-state index contributed by atoms with van der Waals surface area (Å²) in [7, 11) is 0. The van der Waals surface area contributed by atoms with E-state index in [0.717, 1.165) is 16.0 Å². The first kappa shape index (κ1) is 14.4. The Morgan fingerprint density at radius 1 is 1.39 bits per heavy atom. The molecule has 0 spiro atoms. The molecule has 100 valence electrons. The standard InChI is InChI=1S/C15H21BrOS/c1-10-4-3-5-13(8-10)18-15-7-6-12(16)9-14(15)11(2)17/h6-7,9-11,13,17H,3-5,8H2,1-2H3. The summed E-state index contributed by atoms with van der Waals surface area (Å²) in [6.07, 6.45) is 4.94. The largest absolute Gasteiger partial charge is 0.389 e. The maximum Gasteiger partial charge on any atom is 0.0773 e. The lowest BCUT2D eigenvalue weighted by Crippen LogP contribution is -2.15. The molecule has 18 heavy (non-hydrogen) atoms. The molecular weight excluding hydrogens is 308 g/mol. The summed E-state index contributed by atoms with van der Waals surface area (Å²) in [6, 6.07) is 6.25. The molecule has 3 unspecified atom stereocenters. The Hall–Kier alpha value is 0.01000. The Labute approximate surface area is 122 Å². The van der Waals surface area contributed by atoms with Crippen LogP contribution >= 0.6 is 27.7 Å². The predicted octanol–water partition coefficient (Wildman–Crippen LogP) is 5.17. The molecule has 1 N–H and O–H groups in total. The van der Waals surface area contributed by atoms with Crippen molar-refractivity contribution in [2.24, 2.45) is 5.92 Å². The minimum absolute atomic E-state index is 0.397. The average molecular weight is 329 g/mol. The van der Waals surface area contributed by atoms with E-state index in [4.69, 9.17) is 0 Å². The van der Waals surface area contributed by atoms with E-state index < -0.39 is 6.10 Å². The van der Waals surface area contributed by atoms with Crippen molar-refractivity contribution in [3.8, 4) is 0 Å². The molecule has 0 amide bonds. The second-order valence-corrected chi connectivity index (χ2v) is 7.63. The summed E-state index contributed by atoms with van der Waals surface area (Å²) in [4.78, 5) is 1.24. The fraction of sp³-hybridized carbons (Fsp3) is 0.600. The van der Waals surface area contributed by atoms with E-state index in [0.29, 0.717) is 5.25 Å². The third-order valence-corrected chi connectivity index (χ3v) is 5.48. The third-order valence-electron chi connectivity index (χ3n) is 3.60. The van der Waals surface area contributed by atoms with Gasteiger partial charge in [-0.3, -0.25) is 0 Å². The Morgan fingerprint density at radius 3 is 2.83 bits per heavy atom. The molecule has 1 fully saturated rings. The number of hydrogen-bond acceptors (Lipinski definition) is 2. The first-order chi connectivity index (χ1) is 8.56. The Balaban J connectivity index is 2.12. The van der Waals surface area contributed by atoms with Gasteiger partial charge in [0.2, 0.25) is 0 Å². The highest BCUT2D eigenvalue weighted by atomic mass is 79.9. The Morgan fingerprint density at radius 2 is 2.17 bits per heavy atom. The van der Waals surface area contributed by atoms with Crippen molar-refractivity contribution in [1.29, 1.82) is 0 Å². The number of benzene rings is 1. The van der Waals surface area contributed by atoms with Gasteiger partial charge in [0.05, 0.1) is 6.10 Å². The van der Waals surface area contributed by atoms with Crippen LogP contribution in [-0.4, -0.2) is 10.4 Å². The Bertz CT molecular complexity index is 405. The quantitative estimate of drug-likeness (QED) is 0.825. The van der Waals surface area contributed by atoms with Gasteiger partial charge in [-0.05, 0) is 49.4 Å². The summed E-state index contributed by atoms with van der Waals surface area (Å²) in [5, 5.41) is 10.6. The third kappa shape index (κ3) is 3.75. The van der Waals surface area contributed by atoms with Crippen molar-refractivity contribution < 1.29 is 5.11 Å². The summed E-state index contributed by atoms with van der Waals surface area (Å²) in [5.74, 6) is 0.849. The molecule has 1 saturated carbocycles. The van der Waals surface area contributed by atoms with Gasteiger partial charge in [-0.1, -0.05) is 35.7 Å². The second kappa shape index (κ2) is 6.44. The number of halogens is 1. The predicted molar refractivity (Wildman–Crippen MR) is 82.1 cm³/mol. The van der Waals surface area contributed by atoms with E-state index in [-0.39, 0.29) is 0 Å². The van der Waals surface area contributed by atoms with E-state index in [9.17, 15) is 5.11 Å². The van der Waals surface area contributed by atoms with E-state index >= 15 is 0 Å². The summed E-state index contributed by atoms with van der Waals surface area (Å²) in [6.45, 7) is 4.19. The van der Waals surface area contributed by atoms with Gasteiger partial charge in [0, 0.05) is 14.6 Å². The van der Waals surface area contributed by atoms with Crippen LogP contribution in [0, 0.1) is 5.92 Å². The van der Waals surface area contributed by atoms with Crippen LogP contribution in [0.5, 0.6) is 0 Å². The van der Waals surface area contributed by atoms with Crippen LogP contribution in [0.4, 0.5) is 0 Å². The van der Waals surface area contributed by atoms with Crippen LogP contribution < -0.4 is 0 Å². The molecule has 1 aromatic carbocycles. The molecule has 2 rings (SSSR count). The molecule has 0 heterocycles. The van der Waals surface area contributed by atoms with Crippen molar-refractivity contribution in [2.45, 2.75) is 55.8 Å². The Kier molecular flexibility index (Phi) is 5.16. The molecule has 0 radical (unpaired) electrons. The normalized spacial score (nSPS) is 26.0. The van der Waals surface area contributed by atoms with E-state index in [1.165, 1.54) is 30.6 Å². The minimum atomic E-state index is -0.397. The maximum atomic E-state index is 9.88. The molecular formula is C15H21BrOS. The van der Waals surface area contributed by atoms with Crippen molar-refractivity contribution in [1.82, 2.24) is 0 Å². The van der Waals surface area contributed by atoms with Crippen molar-refractivity contribution >= 4 is 27.7 Å². The molecule has 3 atom stereocenters. The smallest absolute Gasteiger partial charge is 0.0773 e. The lowest BCUT2D eigenvalue weighted by atomic mass is 9.91. The van der Waals surface area contributed by atoms with E-state index in [1.807, 2.05) is 24.8 Å². The van der Waals surface area contributed by atoms with Crippen molar-refractivity contribution in [3.05, 3.63) is 28.2 Å². The monoisotopic (exact) mass is 328 g/mol. The van der Waals surface area contributed by atoms with Gasteiger partial charge in [0.15, 0.2) is 0 Å². The summed E-state index contributed by atoms with van der Waals surface area (Å²) in [5.41, 5.74) is 1.05. The zero-order chi connectivity index (χ0) is 13.1. The highest BCUT2D eigenvalue weighted by Crippen LogP contribution is 2.39. The molecule has 3 heteroatoms. The molecule has 1 nitrogen and oxygen atoms in total. The summed E-state index contributed by atoms with van der Waals surface area (Å²) < 4.78 is 1.04. The SMILES string of the molecule is CC1CCCC(Sc2ccc(Br)cc2C(C)O)C1. The number of rotatable bonds is 3. The van der Waals surface area contributed by atoms with E-state index in [2.05, 4.69) is 35.0 Å². The highest BCUT2D eigenvalue weighted by molar-refractivity contribution is 9.10. The van der Waals surface area contributed by atoms with Crippen LogP contribution in [0.25, 0.3) is 0 Å². The molecule has 0 aromatic heterocycles. The van der Waals surface area contributed by atoms with Gasteiger partial charge in [-0.2, -0.15) is 0 Å². The van der Waals surface area contributed by atoms with Gasteiger partial charge >= 0.3 is 0 Å². The molecule has 0 saturated heterocycles. The average Bonchev–Trinajstić information content (AvgIpc) is 2.31. The molecule has 0 bridgehead atoms. The first-order valence-electron chi connectivity index (χ1n) is 6.70. The van der Waals surface area contributed by atoms with Crippen molar-refractivity contribution in [3.63, 3.8) is 0 Å². The van der Waals surface area contributed by atoms with Gasteiger partial charge < -0.3 is 5.11 Å². The number of thioether (sulfide) groups is 1. The van der Waals surface area contributed by atoms with Crippen LogP contribution in [0.1, 0.15) is 51.2 Å². The van der Waals surface area contributed by atoms with Crippen LogP contribution in [0.2, 0.25) is 0 Å². The number of aliphatic hydroxyl groups excluding tert-OH is 1. The zero-order valence-corrected chi connectivity index (χ0v) is 13.4. The number of aliphatic hydroxyl groups is 1. The van der Waals surface area contributed by atoms with Gasteiger partial charge in [0.1, 0.15) is 0 Å². The minimum Gasteiger partial charge on any atom is -0.389 e. The van der Waals surface area contributed by atoms with Gasteiger partial charge in [-0.15, -0.1) is 11.8 Å². The fourth-order valence-electron chi connectivity index (χ4n) is 2.62. The molecule has 1 aliphatic rings. The fourth-order valence-corrected chi connectivity index (χ4v) is 4.58. The topological polar surface area (TPSA) is 20.2 Å². The summed E-state index contributed by atoms with van der Waals surface area (Å²) >= 11 is 5.43. The van der Waals surface area contributed by atoms with Gasteiger partial charge in [0.25, 0.3) is 0 Å². The second-order valence-electron chi connectivity index (χ2n) is 5.37. The van der Waals surface area contributed by atoms with Crippen molar-refractivity contribution in [2.75, 3.05) is 0 Å². The highest BCUT2D eigenvalue weighted by Gasteiger charge is 2.21.